The highest BCUT2D eigenvalue weighted by molar-refractivity contribution is 6.14. The van der Waals surface area contributed by atoms with Gasteiger partial charge in [-0.05, 0) is 24.3 Å². The van der Waals surface area contributed by atoms with E-state index in [1.807, 2.05) is 43.3 Å². The van der Waals surface area contributed by atoms with Crippen molar-refractivity contribution in [3.05, 3.63) is 48.0 Å². The number of rotatable bonds is 2. The summed E-state index contributed by atoms with van der Waals surface area (Å²) < 4.78 is 1.74. The van der Waals surface area contributed by atoms with Crippen molar-refractivity contribution in [2.75, 3.05) is 0 Å². The van der Waals surface area contributed by atoms with E-state index < -0.39 is 0 Å². The standard InChI is InChI=1S/C16H13NO2/c1-2-16(19)17-14-6-4-3-5-12(14)13-9-11(10-18)7-8-15(13)17/h3-10H,2H2,1H3. The Labute approximate surface area is 110 Å². The zero-order valence-electron chi connectivity index (χ0n) is 10.6. The Balaban J connectivity index is 2.51. The van der Waals surface area contributed by atoms with Crippen LogP contribution >= 0.6 is 0 Å². The number of aromatic nitrogens is 1. The van der Waals surface area contributed by atoms with Gasteiger partial charge >= 0.3 is 0 Å². The molecule has 3 aromatic rings. The maximum absolute atomic E-state index is 12.2. The van der Waals surface area contributed by atoms with Crippen LogP contribution in [0.4, 0.5) is 0 Å². The minimum Gasteiger partial charge on any atom is -0.298 e. The number of benzene rings is 2. The Morgan fingerprint density at radius 1 is 1.11 bits per heavy atom. The highest BCUT2D eigenvalue weighted by Gasteiger charge is 2.14. The Kier molecular flexibility index (Phi) is 2.67. The Morgan fingerprint density at radius 3 is 2.58 bits per heavy atom. The molecular weight excluding hydrogens is 238 g/mol. The van der Waals surface area contributed by atoms with E-state index in [1.165, 1.54) is 0 Å². The second-order valence-electron chi connectivity index (χ2n) is 4.49. The molecule has 3 nitrogen and oxygen atoms in total. The summed E-state index contributed by atoms with van der Waals surface area (Å²) >= 11 is 0. The lowest BCUT2D eigenvalue weighted by atomic mass is 10.1. The first-order chi connectivity index (χ1) is 9.26. The molecule has 0 N–H and O–H groups in total. The Morgan fingerprint density at radius 2 is 1.84 bits per heavy atom. The maximum Gasteiger partial charge on any atom is 0.231 e. The van der Waals surface area contributed by atoms with Crippen molar-refractivity contribution in [3.8, 4) is 0 Å². The number of nitrogens with zero attached hydrogens (tertiary/aromatic N) is 1. The van der Waals surface area contributed by atoms with E-state index in [9.17, 15) is 9.59 Å². The first-order valence-electron chi connectivity index (χ1n) is 6.28. The van der Waals surface area contributed by atoms with Crippen LogP contribution in [0.15, 0.2) is 42.5 Å². The van der Waals surface area contributed by atoms with E-state index in [0.717, 1.165) is 28.1 Å². The molecule has 0 amide bonds. The highest BCUT2D eigenvalue weighted by Crippen LogP contribution is 2.29. The van der Waals surface area contributed by atoms with E-state index in [1.54, 1.807) is 10.6 Å². The third kappa shape index (κ3) is 1.66. The molecule has 1 heterocycles. The van der Waals surface area contributed by atoms with E-state index in [-0.39, 0.29) is 5.91 Å². The Bertz CT molecular complexity index is 799. The SMILES string of the molecule is CCC(=O)n1c2ccccc2c2cc(C=O)ccc21. The van der Waals surface area contributed by atoms with Crippen LogP contribution < -0.4 is 0 Å². The van der Waals surface area contributed by atoms with E-state index in [0.29, 0.717) is 12.0 Å². The number of hydrogen-bond acceptors (Lipinski definition) is 2. The van der Waals surface area contributed by atoms with Crippen molar-refractivity contribution in [1.82, 2.24) is 4.57 Å². The van der Waals surface area contributed by atoms with Gasteiger partial charge in [0.05, 0.1) is 11.0 Å². The topological polar surface area (TPSA) is 39.1 Å². The average Bonchev–Trinajstić information content (AvgIpc) is 2.80. The summed E-state index contributed by atoms with van der Waals surface area (Å²) in [6, 6.07) is 13.2. The van der Waals surface area contributed by atoms with Gasteiger partial charge in [-0.3, -0.25) is 14.2 Å². The molecule has 0 bridgehead atoms. The largest absolute Gasteiger partial charge is 0.298 e. The summed E-state index contributed by atoms with van der Waals surface area (Å²) in [6.45, 7) is 1.85. The molecule has 0 unspecified atom stereocenters. The monoisotopic (exact) mass is 251 g/mol. The van der Waals surface area contributed by atoms with Crippen LogP contribution in [-0.2, 0) is 0 Å². The number of carbonyl (C=O) groups is 2. The summed E-state index contributed by atoms with van der Waals surface area (Å²) in [5.74, 6) is 0.0602. The molecule has 0 radical (unpaired) electrons. The summed E-state index contributed by atoms with van der Waals surface area (Å²) in [4.78, 5) is 23.1. The fourth-order valence-electron chi connectivity index (χ4n) is 2.49. The number of hydrogen-bond donors (Lipinski definition) is 0. The van der Waals surface area contributed by atoms with Gasteiger partial charge in [-0.1, -0.05) is 25.1 Å². The molecule has 19 heavy (non-hydrogen) atoms. The number of fused-ring (bicyclic) bond motifs is 3. The smallest absolute Gasteiger partial charge is 0.231 e. The van der Waals surface area contributed by atoms with E-state index >= 15 is 0 Å². The van der Waals surface area contributed by atoms with Crippen LogP contribution in [0.3, 0.4) is 0 Å². The van der Waals surface area contributed by atoms with Crippen molar-refractivity contribution in [3.63, 3.8) is 0 Å². The van der Waals surface area contributed by atoms with Crippen LogP contribution in [0, 0.1) is 0 Å². The van der Waals surface area contributed by atoms with Gasteiger partial charge in [0.1, 0.15) is 6.29 Å². The lowest BCUT2D eigenvalue weighted by molar-refractivity contribution is 0.0918. The van der Waals surface area contributed by atoms with Crippen LogP contribution in [0.25, 0.3) is 21.8 Å². The number of para-hydroxylation sites is 1. The van der Waals surface area contributed by atoms with Crippen LogP contribution in [0.1, 0.15) is 28.5 Å². The molecule has 0 spiro atoms. The first kappa shape index (κ1) is 11.7. The second kappa shape index (κ2) is 4.35. The highest BCUT2D eigenvalue weighted by atomic mass is 16.2. The summed E-state index contributed by atoms with van der Waals surface area (Å²) in [7, 11) is 0. The lowest BCUT2D eigenvalue weighted by Crippen LogP contribution is -2.08. The third-order valence-electron chi connectivity index (χ3n) is 3.38. The molecule has 0 aliphatic carbocycles. The van der Waals surface area contributed by atoms with Gasteiger partial charge in [-0.25, -0.2) is 0 Å². The predicted octanol–water partition coefficient (Wildman–Crippen LogP) is 3.66. The summed E-state index contributed by atoms with van der Waals surface area (Å²) in [5, 5.41) is 1.95. The van der Waals surface area contributed by atoms with Crippen molar-refractivity contribution in [2.24, 2.45) is 0 Å². The van der Waals surface area contributed by atoms with Crippen molar-refractivity contribution in [1.29, 1.82) is 0 Å². The molecule has 3 rings (SSSR count). The number of aldehydes is 1. The molecular formula is C16H13NO2. The van der Waals surface area contributed by atoms with Crippen molar-refractivity contribution >= 4 is 34.0 Å². The third-order valence-corrected chi connectivity index (χ3v) is 3.38. The van der Waals surface area contributed by atoms with Gasteiger partial charge in [0.2, 0.25) is 5.91 Å². The van der Waals surface area contributed by atoms with Crippen LogP contribution in [-0.4, -0.2) is 16.8 Å². The molecule has 1 aromatic heterocycles. The van der Waals surface area contributed by atoms with Crippen molar-refractivity contribution < 1.29 is 9.59 Å². The molecule has 0 saturated carbocycles. The average molecular weight is 251 g/mol. The summed E-state index contributed by atoms with van der Waals surface area (Å²) in [6.07, 6.45) is 1.27. The van der Waals surface area contributed by atoms with Gasteiger partial charge in [-0.15, -0.1) is 0 Å². The fraction of sp³-hybridized carbons (Fsp3) is 0.125. The molecule has 94 valence electrons. The molecule has 0 atom stereocenters. The maximum atomic E-state index is 12.2. The molecule has 3 heteroatoms. The zero-order chi connectivity index (χ0) is 13.4. The van der Waals surface area contributed by atoms with E-state index in [4.69, 9.17) is 0 Å². The van der Waals surface area contributed by atoms with Gasteiger partial charge in [0.25, 0.3) is 0 Å². The molecule has 2 aromatic carbocycles. The van der Waals surface area contributed by atoms with Crippen LogP contribution in [0.5, 0.6) is 0 Å². The molecule has 0 fully saturated rings. The van der Waals surface area contributed by atoms with Gasteiger partial charge < -0.3 is 0 Å². The van der Waals surface area contributed by atoms with Gasteiger partial charge in [-0.2, -0.15) is 0 Å². The van der Waals surface area contributed by atoms with Crippen molar-refractivity contribution in [2.45, 2.75) is 13.3 Å². The minimum absolute atomic E-state index is 0.0602. The zero-order valence-corrected chi connectivity index (χ0v) is 10.6. The Hall–Kier alpha value is -2.42. The summed E-state index contributed by atoms with van der Waals surface area (Å²) in [5.41, 5.74) is 2.38. The molecule has 0 aliphatic heterocycles. The van der Waals surface area contributed by atoms with Gasteiger partial charge in [0.15, 0.2) is 0 Å². The fourth-order valence-corrected chi connectivity index (χ4v) is 2.49. The molecule has 0 saturated heterocycles. The van der Waals surface area contributed by atoms with E-state index in [2.05, 4.69) is 0 Å². The quantitative estimate of drug-likeness (QED) is 0.652. The number of carbonyl (C=O) groups excluding carboxylic acids is 2. The predicted molar refractivity (Wildman–Crippen MR) is 75.7 cm³/mol. The minimum atomic E-state index is 0.0602. The second-order valence-corrected chi connectivity index (χ2v) is 4.49. The lowest BCUT2D eigenvalue weighted by Gasteiger charge is -2.03. The molecule has 0 aliphatic rings. The normalized spacial score (nSPS) is 11.0. The van der Waals surface area contributed by atoms with Gasteiger partial charge in [0, 0.05) is 22.8 Å². The van der Waals surface area contributed by atoms with Crippen LogP contribution in [0.2, 0.25) is 0 Å². The first-order valence-corrected chi connectivity index (χ1v) is 6.28.